The Kier molecular flexibility index (Phi) is 3.98. The van der Waals surface area contributed by atoms with Gasteiger partial charge in [0.05, 0.1) is 5.02 Å². The van der Waals surface area contributed by atoms with Crippen molar-refractivity contribution in [1.82, 2.24) is 0 Å². The largest absolute Gasteiger partial charge is 0.478 e. The SMILES string of the molecule is O=C(O)C=CSc1ccc(F)c(Cl)c1. The van der Waals surface area contributed by atoms with E-state index in [2.05, 4.69) is 0 Å². The molecule has 0 saturated heterocycles. The predicted molar refractivity (Wildman–Crippen MR) is 54.0 cm³/mol. The van der Waals surface area contributed by atoms with Crippen LogP contribution in [0.15, 0.2) is 34.6 Å². The summed E-state index contributed by atoms with van der Waals surface area (Å²) in [6.07, 6.45) is 1.00. The molecular formula is C9H6ClFO2S. The van der Waals surface area contributed by atoms with Crippen molar-refractivity contribution in [3.63, 3.8) is 0 Å². The number of thioether (sulfide) groups is 1. The highest BCUT2D eigenvalue weighted by molar-refractivity contribution is 8.02. The Morgan fingerprint density at radius 3 is 2.86 bits per heavy atom. The molecule has 0 unspecified atom stereocenters. The molecule has 0 fully saturated rings. The van der Waals surface area contributed by atoms with Gasteiger partial charge in [0.2, 0.25) is 0 Å². The van der Waals surface area contributed by atoms with Crippen LogP contribution in [-0.4, -0.2) is 11.1 Å². The Hall–Kier alpha value is -1.00. The van der Waals surface area contributed by atoms with E-state index in [0.29, 0.717) is 4.90 Å². The number of aliphatic carboxylic acids is 1. The van der Waals surface area contributed by atoms with Crippen LogP contribution >= 0.6 is 23.4 Å². The molecule has 2 nitrogen and oxygen atoms in total. The molecule has 0 atom stereocenters. The molecule has 74 valence electrons. The molecule has 0 spiro atoms. The summed E-state index contributed by atoms with van der Waals surface area (Å²) < 4.78 is 12.7. The summed E-state index contributed by atoms with van der Waals surface area (Å²) in [6.45, 7) is 0. The van der Waals surface area contributed by atoms with Gasteiger partial charge in [-0.15, -0.1) is 0 Å². The zero-order valence-corrected chi connectivity index (χ0v) is 8.48. The van der Waals surface area contributed by atoms with Crippen LogP contribution in [0.1, 0.15) is 0 Å². The van der Waals surface area contributed by atoms with E-state index in [1.54, 1.807) is 0 Å². The van der Waals surface area contributed by atoms with Gasteiger partial charge in [0.1, 0.15) is 5.82 Å². The summed E-state index contributed by atoms with van der Waals surface area (Å²) in [6, 6.07) is 4.20. The van der Waals surface area contributed by atoms with Gasteiger partial charge >= 0.3 is 5.97 Å². The van der Waals surface area contributed by atoms with Crippen LogP contribution in [0.3, 0.4) is 0 Å². The van der Waals surface area contributed by atoms with Crippen LogP contribution in [0, 0.1) is 5.82 Å². The summed E-state index contributed by atoms with van der Waals surface area (Å²) in [5.41, 5.74) is 0. The summed E-state index contributed by atoms with van der Waals surface area (Å²) in [7, 11) is 0. The fourth-order valence-electron chi connectivity index (χ4n) is 0.721. The first-order chi connectivity index (χ1) is 6.59. The number of halogens is 2. The van der Waals surface area contributed by atoms with Gasteiger partial charge < -0.3 is 5.11 Å². The quantitative estimate of drug-likeness (QED) is 0.643. The lowest BCUT2D eigenvalue weighted by Crippen LogP contribution is -1.84. The number of carbonyl (C=O) groups is 1. The average Bonchev–Trinajstić information content (AvgIpc) is 2.10. The molecule has 0 bridgehead atoms. The van der Waals surface area contributed by atoms with Gasteiger partial charge in [-0.1, -0.05) is 23.4 Å². The maximum Gasteiger partial charge on any atom is 0.328 e. The van der Waals surface area contributed by atoms with Crippen molar-refractivity contribution in [2.24, 2.45) is 0 Å². The van der Waals surface area contributed by atoms with Crippen LogP contribution in [0.4, 0.5) is 4.39 Å². The van der Waals surface area contributed by atoms with Gasteiger partial charge in [-0.3, -0.25) is 0 Å². The van der Waals surface area contributed by atoms with Crippen LogP contribution in [-0.2, 0) is 4.79 Å². The Morgan fingerprint density at radius 1 is 1.57 bits per heavy atom. The van der Waals surface area contributed by atoms with E-state index in [1.807, 2.05) is 0 Å². The van der Waals surface area contributed by atoms with Gasteiger partial charge in [-0.05, 0) is 23.6 Å². The number of benzene rings is 1. The number of hydrogen-bond donors (Lipinski definition) is 1. The van der Waals surface area contributed by atoms with E-state index in [9.17, 15) is 9.18 Å². The Labute approximate surface area is 89.4 Å². The third-order valence-electron chi connectivity index (χ3n) is 1.31. The van der Waals surface area contributed by atoms with Crippen molar-refractivity contribution in [3.05, 3.63) is 40.5 Å². The monoisotopic (exact) mass is 232 g/mol. The van der Waals surface area contributed by atoms with Crippen LogP contribution < -0.4 is 0 Å². The highest BCUT2D eigenvalue weighted by Gasteiger charge is 1.99. The zero-order chi connectivity index (χ0) is 10.6. The third-order valence-corrected chi connectivity index (χ3v) is 2.39. The summed E-state index contributed by atoms with van der Waals surface area (Å²) >= 11 is 6.69. The molecule has 0 aliphatic carbocycles. The average molecular weight is 233 g/mol. The molecule has 0 aliphatic rings. The summed E-state index contributed by atoms with van der Waals surface area (Å²) in [5.74, 6) is -1.51. The molecular weight excluding hydrogens is 227 g/mol. The molecule has 0 aliphatic heterocycles. The standard InChI is InChI=1S/C9H6ClFO2S/c10-7-5-6(1-2-8(7)11)14-4-3-9(12)13/h1-5H,(H,12,13). The maximum atomic E-state index is 12.7. The minimum Gasteiger partial charge on any atom is -0.478 e. The lowest BCUT2D eigenvalue weighted by Gasteiger charge is -1.97. The van der Waals surface area contributed by atoms with E-state index < -0.39 is 11.8 Å². The smallest absolute Gasteiger partial charge is 0.328 e. The fourth-order valence-corrected chi connectivity index (χ4v) is 1.64. The van der Waals surface area contributed by atoms with Gasteiger partial charge in [-0.25, -0.2) is 9.18 Å². The van der Waals surface area contributed by atoms with Crippen LogP contribution in [0.2, 0.25) is 5.02 Å². The molecule has 1 aromatic carbocycles. The normalized spacial score (nSPS) is 10.7. The van der Waals surface area contributed by atoms with Crippen molar-refractivity contribution in [2.75, 3.05) is 0 Å². The minimum atomic E-state index is -1.02. The van der Waals surface area contributed by atoms with Gasteiger partial charge in [0.15, 0.2) is 0 Å². The second-order valence-electron chi connectivity index (χ2n) is 2.33. The number of carboxylic acid groups (broad SMARTS) is 1. The fraction of sp³-hybridized carbons (Fsp3) is 0. The van der Waals surface area contributed by atoms with E-state index >= 15 is 0 Å². The van der Waals surface area contributed by atoms with Crippen molar-refractivity contribution in [3.8, 4) is 0 Å². The molecule has 1 N–H and O–H groups in total. The number of rotatable bonds is 3. The molecule has 0 heterocycles. The number of carboxylic acids is 1. The zero-order valence-electron chi connectivity index (χ0n) is 6.91. The molecule has 0 aromatic heterocycles. The molecule has 1 rings (SSSR count). The van der Waals surface area contributed by atoms with Crippen molar-refractivity contribution in [2.45, 2.75) is 4.90 Å². The Morgan fingerprint density at radius 2 is 2.29 bits per heavy atom. The topological polar surface area (TPSA) is 37.3 Å². The van der Waals surface area contributed by atoms with Crippen molar-refractivity contribution < 1.29 is 14.3 Å². The molecule has 14 heavy (non-hydrogen) atoms. The molecule has 0 amide bonds. The number of hydrogen-bond acceptors (Lipinski definition) is 2. The second-order valence-corrected chi connectivity index (χ2v) is 3.72. The highest BCUT2D eigenvalue weighted by Crippen LogP contribution is 2.24. The molecule has 0 radical (unpaired) electrons. The van der Waals surface area contributed by atoms with Crippen LogP contribution in [0.5, 0.6) is 0 Å². The Bertz CT molecular complexity index is 379. The lowest BCUT2D eigenvalue weighted by molar-refractivity contribution is -0.131. The first kappa shape index (κ1) is 11.1. The predicted octanol–water partition coefficient (Wildman–Crippen LogP) is 3.17. The highest BCUT2D eigenvalue weighted by atomic mass is 35.5. The maximum absolute atomic E-state index is 12.7. The van der Waals surface area contributed by atoms with E-state index in [4.69, 9.17) is 16.7 Å². The third kappa shape index (κ3) is 3.40. The summed E-state index contributed by atoms with van der Waals surface area (Å²) in [5, 5.41) is 9.73. The minimum absolute atomic E-state index is 0.0266. The second kappa shape index (κ2) is 5.02. The molecule has 5 heteroatoms. The van der Waals surface area contributed by atoms with Crippen molar-refractivity contribution >= 4 is 29.3 Å². The van der Waals surface area contributed by atoms with Crippen molar-refractivity contribution in [1.29, 1.82) is 0 Å². The molecule has 1 aromatic rings. The lowest BCUT2D eigenvalue weighted by atomic mass is 10.3. The van der Waals surface area contributed by atoms with Gasteiger partial charge in [0, 0.05) is 11.0 Å². The van der Waals surface area contributed by atoms with Gasteiger partial charge in [0.25, 0.3) is 0 Å². The first-order valence-corrected chi connectivity index (χ1v) is 4.86. The van der Waals surface area contributed by atoms with E-state index in [-0.39, 0.29) is 5.02 Å². The van der Waals surface area contributed by atoms with E-state index in [0.717, 1.165) is 17.8 Å². The first-order valence-electron chi connectivity index (χ1n) is 3.61. The molecule has 0 saturated carbocycles. The van der Waals surface area contributed by atoms with E-state index in [1.165, 1.54) is 23.6 Å². The Balaban J connectivity index is 2.69. The van der Waals surface area contributed by atoms with Crippen LogP contribution in [0.25, 0.3) is 0 Å². The summed E-state index contributed by atoms with van der Waals surface area (Å²) in [4.78, 5) is 10.8. The van der Waals surface area contributed by atoms with Gasteiger partial charge in [-0.2, -0.15) is 0 Å².